The predicted molar refractivity (Wildman–Crippen MR) is 77.5 cm³/mol. The summed E-state index contributed by atoms with van der Waals surface area (Å²) in [6.07, 6.45) is 0. The van der Waals surface area contributed by atoms with Gasteiger partial charge in [-0.25, -0.2) is 4.79 Å². The summed E-state index contributed by atoms with van der Waals surface area (Å²) in [5.74, 6) is -0.651. The van der Waals surface area contributed by atoms with Crippen LogP contribution in [0.1, 0.15) is 15.2 Å². The molecule has 3 nitrogen and oxygen atoms in total. The minimum absolute atomic E-state index is 0.150. The lowest BCUT2D eigenvalue weighted by atomic mass is 10.2. The normalized spacial score (nSPS) is 10.3. The van der Waals surface area contributed by atoms with E-state index < -0.39 is 5.97 Å². The Hall–Kier alpha value is -0.850. The van der Waals surface area contributed by atoms with Crippen molar-refractivity contribution >= 4 is 49.2 Å². The van der Waals surface area contributed by atoms with Crippen LogP contribution >= 0.6 is 43.2 Å². The van der Waals surface area contributed by atoms with Gasteiger partial charge in [0.1, 0.15) is 17.9 Å². The van der Waals surface area contributed by atoms with Gasteiger partial charge in [-0.1, -0.05) is 6.07 Å². The van der Waals surface area contributed by atoms with E-state index in [1.165, 1.54) is 6.07 Å². The van der Waals surface area contributed by atoms with E-state index in [4.69, 9.17) is 9.84 Å². The molecule has 0 aliphatic rings. The maximum absolute atomic E-state index is 11.1. The lowest BCUT2D eigenvalue weighted by Crippen LogP contribution is -2.03. The van der Waals surface area contributed by atoms with Gasteiger partial charge in [0.25, 0.3) is 0 Å². The third-order valence-corrected chi connectivity index (χ3v) is 4.76. The van der Waals surface area contributed by atoms with Gasteiger partial charge in [-0.15, -0.1) is 11.3 Å². The van der Waals surface area contributed by atoms with Crippen LogP contribution in [0.2, 0.25) is 0 Å². The summed E-state index contributed by atoms with van der Waals surface area (Å²) in [5, 5.41) is 11.0. The molecule has 1 N–H and O–H groups in total. The first kappa shape index (κ1) is 13.6. The number of aromatic carboxylic acids is 1. The van der Waals surface area contributed by atoms with Crippen molar-refractivity contribution in [3.63, 3.8) is 0 Å². The molecule has 0 amide bonds. The fourth-order valence-electron chi connectivity index (χ4n) is 1.39. The van der Waals surface area contributed by atoms with Crippen LogP contribution in [0.25, 0.3) is 0 Å². The lowest BCUT2D eigenvalue weighted by molar-refractivity contribution is 0.0691. The second kappa shape index (κ2) is 5.86. The molecule has 0 bridgehead atoms. The highest BCUT2D eigenvalue weighted by molar-refractivity contribution is 9.10. The maximum Gasteiger partial charge on any atom is 0.339 e. The maximum atomic E-state index is 11.1. The number of ether oxygens (including phenoxy) is 1. The van der Waals surface area contributed by atoms with Crippen molar-refractivity contribution < 1.29 is 14.6 Å². The number of carboxylic acid groups (broad SMARTS) is 1. The molecule has 0 atom stereocenters. The Kier molecular flexibility index (Phi) is 4.42. The number of rotatable bonds is 4. The van der Waals surface area contributed by atoms with Crippen LogP contribution in [0, 0.1) is 0 Å². The molecule has 1 heterocycles. The highest BCUT2D eigenvalue weighted by atomic mass is 79.9. The van der Waals surface area contributed by atoms with E-state index >= 15 is 0 Å². The summed E-state index contributed by atoms with van der Waals surface area (Å²) in [7, 11) is 0. The first-order chi connectivity index (χ1) is 8.59. The molecule has 94 valence electrons. The molecule has 2 rings (SSSR count). The molecule has 1 aromatic carbocycles. The number of hydrogen-bond donors (Lipinski definition) is 1. The largest absolute Gasteiger partial charge is 0.486 e. The van der Waals surface area contributed by atoms with Gasteiger partial charge in [-0.3, -0.25) is 0 Å². The van der Waals surface area contributed by atoms with Crippen molar-refractivity contribution in [3.8, 4) is 5.75 Å². The van der Waals surface area contributed by atoms with Crippen LogP contribution in [0.4, 0.5) is 0 Å². The molecular weight excluding hydrogens is 384 g/mol. The summed E-state index contributed by atoms with van der Waals surface area (Å²) in [6.45, 7) is 0.334. The lowest BCUT2D eigenvalue weighted by Gasteiger charge is -2.10. The molecule has 0 aliphatic heterocycles. The SMILES string of the molecule is O=C(O)c1cccc(Br)c1OCc1sccc1Br. The zero-order valence-electron chi connectivity index (χ0n) is 9.02. The number of carboxylic acids is 1. The minimum atomic E-state index is -1.00. The van der Waals surface area contributed by atoms with Crippen molar-refractivity contribution in [2.45, 2.75) is 6.61 Å². The van der Waals surface area contributed by atoms with Gasteiger partial charge < -0.3 is 9.84 Å². The average molecular weight is 392 g/mol. The summed E-state index contributed by atoms with van der Waals surface area (Å²) in [4.78, 5) is 12.1. The Labute approximate surface area is 125 Å². The highest BCUT2D eigenvalue weighted by Gasteiger charge is 2.15. The van der Waals surface area contributed by atoms with Crippen LogP contribution in [0.15, 0.2) is 38.6 Å². The van der Waals surface area contributed by atoms with Crippen molar-refractivity contribution in [2.75, 3.05) is 0 Å². The molecule has 0 saturated heterocycles. The number of thiophene rings is 1. The van der Waals surface area contributed by atoms with Crippen molar-refractivity contribution in [3.05, 3.63) is 49.0 Å². The molecular formula is C12H8Br2O3S. The van der Waals surface area contributed by atoms with E-state index in [9.17, 15) is 4.79 Å². The number of hydrogen-bond acceptors (Lipinski definition) is 3. The Morgan fingerprint density at radius 2 is 2.06 bits per heavy atom. The topological polar surface area (TPSA) is 46.5 Å². The van der Waals surface area contributed by atoms with E-state index in [2.05, 4.69) is 31.9 Å². The van der Waals surface area contributed by atoms with Crippen LogP contribution in [0.3, 0.4) is 0 Å². The van der Waals surface area contributed by atoms with E-state index in [0.29, 0.717) is 16.8 Å². The zero-order valence-corrected chi connectivity index (χ0v) is 13.0. The molecule has 0 unspecified atom stereocenters. The average Bonchev–Trinajstić information content (AvgIpc) is 2.73. The number of carbonyl (C=O) groups is 1. The first-order valence-electron chi connectivity index (χ1n) is 4.96. The highest BCUT2D eigenvalue weighted by Crippen LogP contribution is 2.31. The van der Waals surface area contributed by atoms with Crippen molar-refractivity contribution in [2.24, 2.45) is 0 Å². The Morgan fingerprint density at radius 3 is 2.67 bits per heavy atom. The molecule has 0 fully saturated rings. The minimum Gasteiger partial charge on any atom is -0.486 e. The number of para-hydroxylation sites is 1. The molecule has 2 aromatic rings. The Bertz CT molecular complexity index is 580. The first-order valence-corrected chi connectivity index (χ1v) is 7.42. The van der Waals surface area contributed by atoms with E-state index in [1.807, 2.05) is 11.4 Å². The third-order valence-electron chi connectivity index (χ3n) is 2.24. The van der Waals surface area contributed by atoms with Crippen LogP contribution < -0.4 is 4.74 Å². The predicted octanol–water partition coefficient (Wildman–Crippen LogP) is 4.55. The fraction of sp³-hybridized carbons (Fsp3) is 0.0833. The third kappa shape index (κ3) is 2.93. The monoisotopic (exact) mass is 390 g/mol. The standard InChI is InChI=1S/C12H8Br2O3S/c13-8-4-5-18-10(8)6-17-11-7(12(15)16)2-1-3-9(11)14/h1-5H,6H2,(H,15,16). The smallest absolute Gasteiger partial charge is 0.339 e. The van der Waals surface area contributed by atoms with Gasteiger partial charge in [0.2, 0.25) is 0 Å². The van der Waals surface area contributed by atoms with Crippen molar-refractivity contribution in [1.29, 1.82) is 0 Å². The molecule has 1 aromatic heterocycles. The Balaban J connectivity index is 2.24. The van der Waals surface area contributed by atoms with Gasteiger partial charge in [0, 0.05) is 4.47 Å². The quantitative estimate of drug-likeness (QED) is 0.831. The van der Waals surface area contributed by atoms with Crippen molar-refractivity contribution in [1.82, 2.24) is 0 Å². The fourth-order valence-corrected chi connectivity index (χ4v) is 3.25. The zero-order chi connectivity index (χ0) is 13.1. The summed E-state index contributed by atoms with van der Waals surface area (Å²) in [5.41, 5.74) is 0.150. The van der Waals surface area contributed by atoms with E-state index in [0.717, 1.165) is 9.35 Å². The van der Waals surface area contributed by atoms with Gasteiger partial charge >= 0.3 is 5.97 Å². The van der Waals surface area contributed by atoms with E-state index in [-0.39, 0.29) is 5.56 Å². The molecule has 0 aliphatic carbocycles. The summed E-state index contributed by atoms with van der Waals surface area (Å²) >= 11 is 8.26. The van der Waals surface area contributed by atoms with Crippen LogP contribution in [0.5, 0.6) is 5.75 Å². The molecule has 0 spiro atoms. The van der Waals surface area contributed by atoms with E-state index in [1.54, 1.807) is 23.5 Å². The number of benzene rings is 1. The molecule has 6 heteroatoms. The summed E-state index contributed by atoms with van der Waals surface area (Å²) in [6, 6.07) is 6.88. The molecule has 18 heavy (non-hydrogen) atoms. The van der Waals surface area contributed by atoms with Crippen LogP contribution in [-0.4, -0.2) is 11.1 Å². The summed E-state index contributed by atoms with van der Waals surface area (Å²) < 4.78 is 7.21. The molecule has 0 radical (unpaired) electrons. The second-order valence-corrected chi connectivity index (χ2v) is 6.11. The van der Waals surface area contributed by atoms with Crippen LogP contribution in [-0.2, 0) is 6.61 Å². The van der Waals surface area contributed by atoms with Gasteiger partial charge in [0.05, 0.1) is 9.35 Å². The molecule has 0 saturated carbocycles. The second-order valence-electron chi connectivity index (χ2n) is 3.40. The van der Waals surface area contributed by atoms with Gasteiger partial charge in [0.15, 0.2) is 0 Å². The van der Waals surface area contributed by atoms with Gasteiger partial charge in [-0.2, -0.15) is 0 Å². The van der Waals surface area contributed by atoms with Gasteiger partial charge in [-0.05, 0) is 55.4 Å². The Morgan fingerprint density at radius 1 is 1.28 bits per heavy atom. The number of halogens is 2.